The Labute approximate surface area is 118 Å². The van der Waals surface area contributed by atoms with Crippen LogP contribution in [-0.4, -0.2) is 44.5 Å². The maximum Gasteiger partial charge on any atom is 0.407 e. The minimum Gasteiger partial charge on any atom is -0.598 e. The number of likely N-dealkylation sites (tertiary alicyclic amines) is 1. The van der Waals surface area contributed by atoms with Crippen LogP contribution in [0.2, 0.25) is 0 Å². The fourth-order valence-corrected chi connectivity index (χ4v) is 3.91. The van der Waals surface area contributed by atoms with Crippen LogP contribution in [0.1, 0.15) is 46.5 Å². The molecule has 1 spiro atoms. The lowest BCUT2D eigenvalue weighted by atomic mass is 9.60. The number of nitrogens with zero attached hydrogens (tertiary/aromatic N) is 1. The fourth-order valence-electron chi connectivity index (χ4n) is 2.93. The van der Waals surface area contributed by atoms with Crippen LogP contribution in [0.4, 0.5) is 4.79 Å². The van der Waals surface area contributed by atoms with Crippen LogP contribution in [0, 0.1) is 5.41 Å². The van der Waals surface area contributed by atoms with Gasteiger partial charge in [0.2, 0.25) is 0 Å². The third-order valence-corrected chi connectivity index (χ3v) is 6.12. The van der Waals surface area contributed by atoms with Gasteiger partial charge in [-0.05, 0) is 51.9 Å². The second-order valence-corrected chi connectivity index (χ2v) is 8.72. The van der Waals surface area contributed by atoms with E-state index >= 15 is 0 Å². The van der Waals surface area contributed by atoms with Gasteiger partial charge in [-0.3, -0.25) is 0 Å². The molecule has 6 heteroatoms. The Morgan fingerprint density at radius 2 is 1.95 bits per heavy atom. The summed E-state index contributed by atoms with van der Waals surface area (Å²) >= 11 is -1.04. The summed E-state index contributed by atoms with van der Waals surface area (Å²) in [5.74, 6) is 0. The largest absolute Gasteiger partial charge is 0.598 e. The molecule has 1 saturated carbocycles. The first-order valence-corrected chi connectivity index (χ1v) is 8.05. The number of rotatable bonds is 2. The van der Waals surface area contributed by atoms with E-state index in [1.807, 2.05) is 20.8 Å². The van der Waals surface area contributed by atoms with E-state index in [1.54, 1.807) is 0 Å². The van der Waals surface area contributed by atoms with Gasteiger partial charge in [-0.25, -0.2) is 4.79 Å². The minimum atomic E-state index is -1.04. The molecule has 5 nitrogen and oxygen atoms in total. The molecule has 0 aromatic heterocycles. The molecule has 1 aliphatic carbocycles. The first kappa shape index (κ1) is 14.9. The number of nitrogens with one attached hydrogen (secondary N) is 1. The number of hydrogen-bond acceptors (Lipinski definition) is 3. The molecule has 0 radical (unpaired) electrons. The quantitative estimate of drug-likeness (QED) is 0.762. The fraction of sp³-hybridized carbons (Fsp3) is 0.923. The summed E-state index contributed by atoms with van der Waals surface area (Å²) in [4.78, 5) is 12.4. The molecular weight excluding hydrogens is 264 g/mol. The number of carboxylic acid groups (broad SMARTS) is 1. The lowest BCUT2D eigenvalue weighted by Gasteiger charge is -2.53. The normalized spacial score (nSPS) is 28.0. The molecule has 2 atom stereocenters. The van der Waals surface area contributed by atoms with Crippen molar-refractivity contribution in [1.29, 1.82) is 0 Å². The molecule has 0 aromatic carbocycles. The summed E-state index contributed by atoms with van der Waals surface area (Å²) in [7, 11) is 0. The molecule has 1 heterocycles. The maximum atomic E-state index is 12.2. The first-order chi connectivity index (χ1) is 8.74. The zero-order chi connectivity index (χ0) is 14.3. The molecule has 0 bridgehead atoms. The monoisotopic (exact) mass is 288 g/mol. The zero-order valence-electron chi connectivity index (χ0n) is 11.9. The van der Waals surface area contributed by atoms with E-state index in [0.29, 0.717) is 13.1 Å². The van der Waals surface area contributed by atoms with Crippen LogP contribution in [0.25, 0.3) is 0 Å². The van der Waals surface area contributed by atoms with Crippen LogP contribution < -0.4 is 4.72 Å². The average Bonchev–Trinajstić information content (AvgIpc) is 2.33. The summed E-state index contributed by atoms with van der Waals surface area (Å²) in [5.41, 5.74) is 0.173. The molecular formula is C13H24N2O3S. The van der Waals surface area contributed by atoms with Crippen molar-refractivity contribution in [3.8, 4) is 0 Å². The standard InChI is InChI=1S/C13H24N2O3S/c1-12(2,3)19(18)14-10-4-5-13(10)6-8-15(9-7-13)11(16)17/h10,14H,4-9H2,1-3H3,(H,16,17)/t10-,19+/m1/s1. The van der Waals surface area contributed by atoms with Gasteiger partial charge in [-0.1, -0.05) is 0 Å². The zero-order valence-corrected chi connectivity index (χ0v) is 12.8. The van der Waals surface area contributed by atoms with E-state index in [2.05, 4.69) is 4.72 Å². The highest BCUT2D eigenvalue weighted by molar-refractivity contribution is 7.90. The number of hydrogen-bond donors (Lipinski definition) is 2. The van der Waals surface area contributed by atoms with Gasteiger partial charge in [-0.2, -0.15) is 0 Å². The highest BCUT2D eigenvalue weighted by Crippen LogP contribution is 2.49. The molecule has 110 valence electrons. The van der Waals surface area contributed by atoms with Crippen molar-refractivity contribution in [1.82, 2.24) is 9.62 Å². The molecule has 1 amide bonds. The van der Waals surface area contributed by atoms with Gasteiger partial charge < -0.3 is 14.6 Å². The van der Waals surface area contributed by atoms with Crippen LogP contribution in [0.15, 0.2) is 0 Å². The third kappa shape index (κ3) is 3.01. The van der Waals surface area contributed by atoms with E-state index in [0.717, 1.165) is 25.7 Å². The van der Waals surface area contributed by atoms with Crippen LogP contribution in [0.3, 0.4) is 0 Å². The maximum absolute atomic E-state index is 12.2. The van der Waals surface area contributed by atoms with Crippen LogP contribution in [0.5, 0.6) is 0 Å². The van der Waals surface area contributed by atoms with Crippen molar-refractivity contribution in [2.45, 2.75) is 57.2 Å². The van der Waals surface area contributed by atoms with Gasteiger partial charge in [0.1, 0.15) is 4.75 Å². The summed E-state index contributed by atoms with van der Waals surface area (Å²) < 4.78 is 15.2. The second-order valence-electron chi connectivity index (χ2n) is 6.72. The highest BCUT2D eigenvalue weighted by atomic mass is 32.2. The molecule has 2 N–H and O–H groups in total. The number of amides is 1. The lowest BCUT2D eigenvalue weighted by Crippen LogP contribution is -2.61. The number of carbonyl (C=O) groups is 1. The van der Waals surface area contributed by atoms with E-state index in [4.69, 9.17) is 5.11 Å². The van der Waals surface area contributed by atoms with Gasteiger partial charge in [0.15, 0.2) is 0 Å². The van der Waals surface area contributed by atoms with E-state index in [-0.39, 0.29) is 16.2 Å². The first-order valence-electron chi connectivity index (χ1n) is 6.90. The van der Waals surface area contributed by atoms with Crippen LogP contribution in [-0.2, 0) is 11.4 Å². The molecule has 19 heavy (non-hydrogen) atoms. The second kappa shape index (κ2) is 5.14. The van der Waals surface area contributed by atoms with E-state index in [1.165, 1.54) is 4.90 Å². The molecule has 1 saturated heterocycles. The SMILES string of the molecule is CC(C)(C)[S@+]([O-])N[C@@H]1CCC12CCN(C(=O)O)CC2. The van der Waals surface area contributed by atoms with Gasteiger partial charge in [-0.15, -0.1) is 4.72 Å². The Kier molecular flexibility index (Phi) is 4.05. The van der Waals surface area contributed by atoms with E-state index in [9.17, 15) is 9.35 Å². The predicted molar refractivity (Wildman–Crippen MR) is 75.3 cm³/mol. The van der Waals surface area contributed by atoms with Crippen molar-refractivity contribution < 1.29 is 14.5 Å². The van der Waals surface area contributed by atoms with Crippen LogP contribution >= 0.6 is 0 Å². The van der Waals surface area contributed by atoms with Gasteiger partial charge in [0.25, 0.3) is 0 Å². The summed E-state index contributed by atoms with van der Waals surface area (Å²) in [6.07, 6.45) is 3.13. The minimum absolute atomic E-state index is 0.173. The van der Waals surface area contributed by atoms with E-state index < -0.39 is 17.5 Å². The van der Waals surface area contributed by atoms with Gasteiger partial charge in [0, 0.05) is 24.5 Å². The Balaban J connectivity index is 1.91. The average molecular weight is 288 g/mol. The van der Waals surface area contributed by atoms with Crippen molar-refractivity contribution in [2.24, 2.45) is 5.41 Å². The number of piperidine rings is 1. The summed E-state index contributed by atoms with van der Waals surface area (Å²) in [5, 5.41) is 8.98. The van der Waals surface area contributed by atoms with Gasteiger partial charge in [0.05, 0.1) is 6.04 Å². The van der Waals surface area contributed by atoms with Gasteiger partial charge >= 0.3 is 6.09 Å². The topological polar surface area (TPSA) is 75.6 Å². The Bertz CT molecular complexity index is 348. The molecule has 2 aliphatic rings. The van der Waals surface area contributed by atoms with Crippen molar-refractivity contribution in [3.63, 3.8) is 0 Å². The van der Waals surface area contributed by atoms with Crippen molar-refractivity contribution in [3.05, 3.63) is 0 Å². The molecule has 1 aliphatic heterocycles. The summed E-state index contributed by atoms with van der Waals surface area (Å²) in [6.45, 7) is 7.11. The molecule has 2 fully saturated rings. The Hall–Kier alpha value is -0.460. The molecule has 0 unspecified atom stereocenters. The van der Waals surface area contributed by atoms with Crippen molar-refractivity contribution >= 4 is 17.5 Å². The Morgan fingerprint density at radius 3 is 2.32 bits per heavy atom. The highest BCUT2D eigenvalue weighted by Gasteiger charge is 2.51. The smallest absolute Gasteiger partial charge is 0.407 e. The predicted octanol–water partition coefficient (Wildman–Crippen LogP) is 1.96. The third-order valence-electron chi connectivity index (χ3n) is 4.51. The molecule has 0 aromatic rings. The van der Waals surface area contributed by atoms with Crippen molar-refractivity contribution in [2.75, 3.05) is 13.1 Å². The molecule has 2 rings (SSSR count). The summed E-state index contributed by atoms with van der Waals surface area (Å²) in [6, 6.07) is 0.281. The lowest BCUT2D eigenvalue weighted by molar-refractivity contribution is 0.00666. The Morgan fingerprint density at radius 1 is 1.37 bits per heavy atom.